The number of carbonyl (C=O) groups is 1. The first-order chi connectivity index (χ1) is 13.2. The van der Waals surface area contributed by atoms with Crippen molar-refractivity contribution in [2.24, 2.45) is 5.92 Å². The SMILES string of the molecule is CC1CCCN(C(c2cccs2)C2Sc3nc(-c4ccco4)nn3C2=O)C1. The highest BCUT2D eigenvalue weighted by molar-refractivity contribution is 8.01. The van der Waals surface area contributed by atoms with Gasteiger partial charge in [-0.2, -0.15) is 9.67 Å². The zero-order valence-corrected chi connectivity index (χ0v) is 16.6. The molecular weight excluding hydrogens is 380 g/mol. The summed E-state index contributed by atoms with van der Waals surface area (Å²) >= 11 is 3.25. The molecule has 0 radical (unpaired) electrons. The molecule has 8 heteroatoms. The van der Waals surface area contributed by atoms with Crippen molar-refractivity contribution in [3.05, 3.63) is 40.8 Å². The van der Waals surface area contributed by atoms with Crippen molar-refractivity contribution in [2.45, 2.75) is 36.2 Å². The van der Waals surface area contributed by atoms with Crippen molar-refractivity contribution in [2.75, 3.05) is 13.1 Å². The quantitative estimate of drug-likeness (QED) is 0.654. The zero-order chi connectivity index (χ0) is 18.4. The number of fused-ring (bicyclic) bond motifs is 1. The second kappa shape index (κ2) is 6.92. The van der Waals surface area contributed by atoms with E-state index in [9.17, 15) is 4.79 Å². The van der Waals surface area contributed by atoms with E-state index in [2.05, 4.69) is 39.4 Å². The van der Waals surface area contributed by atoms with Crippen LogP contribution in [0.5, 0.6) is 0 Å². The molecular formula is C19H20N4O2S2. The number of hydrogen-bond donors (Lipinski definition) is 0. The molecule has 0 amide bonds. The number of hydrogen-bond acceptors (Lipinski definition) is 7. The van der Waals surface area contributed by atoms with Crippen LogP contribution in [0.3, 0.4) is 0 Å². The monoisotopic (exact) mass is 400 g/mol. The van der Waals surface area contributed by atoms with Crippen LogP contribution in [0.4, 0.5) is 0 Å². The first-order valence-corrected chi connectivity index (χ1v) is 11.0. The Labute approximate surface area is 165 Å². The van der Waals surface area contributed by atoms with Crippen LogP contribution < -0.4 is 0 Å². The fourth-order valence-electron chi connectivity index (χ4n) is 3.97. The van der Waals surface area contributed by atoms with Gasteiger partial charge in [0.15, 0.2) is 10.9 Å². The number of carbonyl (C=O) groups excluding carboxylic acids is 1. The van der Waals surface area contributed by atoms with E-state index in [1.54, 1.807) is 29.7 Å². The number of furan rings is 1. The lowest BCUT2D eigenvalue weighted by atomic mass is 9.97. The van der Waals surface area contributed by atoms with Gasteiger partial charge in [0.25, 0.3) is 5.91 Å². The minimum atomic E-state index is -0.213. The highest BCUT2D eigenvalue weighted by Gasteiger charge is 2.44. The topological polar surface area (TPSA) is 64.2 Å². The third kappa shape index (κ3) is 3.05. The second-order valence-electron chi connectivity index (χ2n) is 7.19. The number of thioether (sulfide) groups is 1. The van der Waals surface area contributed by atoms with Gasteiger partial charge in [-0.25, -0.2) is 0 Å². The summed E-state index contributed by atoms with van der Waals surface area (Å²) in [7, 11) is 0. The average molecular weight is 401 g/mol. The number of piperidine rings is 1. The van der Waals surface area contributed by atoms with Crippen molar-refractivity contribution in [1.29, 1.82) is 0 Å². The smallest absolute Gasteiger partial charge is 0.264 e. The Bertz CT molecular complexity index is 935. The second-order valence-corrected chi connectivity index (χ2v) is 9.27. The molecule has 6 nitrogen and oxygen atoms in total. The predicted molar refractivity (Wildman–Crippen MR) is 105 cm³/mol. The van der Waals surface area contributed by atoms with Crippen molar-refractivity contribution < 1.29 is 9.21 Å². The Kier molecular flexibility index (Phi) is 4.41. The minimum Gasteiger partial charge on any atom is -0.461 e. The average Bonchev–Trinajstić information content (AvgIpc) is 3.42. The van der Waals surface area contributed by atoms with E-state index < -0.39 is 0 Å². The van der Waals surface area contributed by atoms with Crippen LogP contribution in [-0.4, -0.2) is 43.9 Å². The number of likely N-dealkylation sites (tertiary alicyclic amines) is 1. The molecule has 3 aromatic rings. The molecule has 0 saturated carbocycles. The fourth-order valence-corrected chi connectivity index (χ4v) is 6.20. The third-order valence-corrected chi connectivity index (χ3v) is 7.34. The van der Waals surface area contributed by atoms with E-state index in [-0.39, 0.29) is 17.2 Å². The van der Waals surface area contributed by atoms with Gasteiger partial charge in [-0.15, -0.1) is 16.4 Å². The molecule has 0 aromatic carbocycles. The van der Waals surface area contributed by atoms with Crippen molar-refractivity contribution >= 4 is 29.0 Å². The lowest BCUT2D eigenvalue weighted by Gasteiger charge is -2.38. The summed E-state index contributed by atoms with van der Waals surface area (Å²) in [5.41, 5.74) is 0. The van der Waals surface area contributed by atoms with Crippen LogP contribution in [-0.2, 0) is 0 Å². The summed E-state index contributed by atoms with van der Waals surface area (Å²) in [4.78, 5) is 21.5. The van der Waals surface area contributed by atoms with E-state index in [1.807, 2.05) is 0 Å². The maximum Gasteiger partial charge on any atom is 0.264 e. The summed E-state index contributed by atoms with van der Waals surface area (Å²) < 4.78 is 6.83. The molecule has 2 aliphatic heterocycles. The molecule has 0 bridgehead atoms. The van der Waals surface area contributed by atoms with Crippen molar-refractivity contribution in [3.8, 4) is 11.6 Å². The first-order valence-electron chi connectivity index (χ1n) is 9.20. The highest BCUT2D eigenvalue weighted by atomic mass is 32.2. The Balaban J connectivity index is 1.46. The van der Waals surface area contributed by atoms with Crippen LogP contribution in [0.15, 0.2) is 45.5 Å². The Morgan fingerprint density at radius 1 is 1.33 bits per heavy atom. The molecule has 1 fully saturated rings. The Hall–Kier alpha value is -1.90. The minimum absolute atomic E-state index is 0.0110. The van der Waals surface area contributed by atoms with E-state index in [0.29, 0.717) is 22.7 Å². The molecule has 0 aliphatic carbocycles. The summed E-state index contributed by atoms with van der Waals surface area (Å²) in [6, 6.07) is 7.88. The van der Waals surface area contributed by atoms with Crippen LogP contribution in [0.25, 0.3) is 11.6 Å². The Morgan fingerprint density at radius 3 is 2.96 bits per heavy atom. The zero-order valence-electron chi connectivity index (χ0n) is 14.9. The molecule has 2 aliphatic rings. The normalized spacial score (nSPS) is 24.3. The molecule has 1 saturated heterocycles. The van der Waals surface area contributed by atoms with Gasteiger partial charge in [0.2, 0.25) is 5.82 Å². The molecule has 0 spiro atoms. The summed E-state index contributed by atoms with van der Waals surface area (Å²) in [5, 5.41) is 6.95. The molecule has 3 aromatic heterocycles. The van der Waals surface area contributed by atoms with Gasteiger partial charge in [0, 0.05) is 11.4 Å². The van der Waals surface area contributed by atoms with Crippen molar-refractivity contribution in [1.82, 2.24) is 19.7 Å². The van der Waals surface area contributed by atoms with Gasteiger partial charge in [-0.3, -0.25) is 9.69 Å². The highest BCUT2D eigenvalue weighted by Crippen LogP contribution is 2.43. The molecule has 5 rings (SSSR count). The van der Waals surface area contributed by atoms with Crippen LogP contribution in [0.2, 0.25) is 0 Å². The number of aromatic nitrogens is 3. The number of thiophene rings is 1. The predicted octanol–water partition coefficient (Wildman–Crippen LogP) is 4.19. The number of nitrogens with zero attached hydrogens (tertiary/aromatic N) is 4. The van der Waals surface area contributed by atoms with Gasteiger partial charge in [-0.1, -0.05) is 24.8 Å². The number of rotatable bonds is 4. The van der Waals surface area contributed by atoms with Gasteiger partial charge < -0.3 is 4.42 Å². The molecule has 140 valence electrons. The van der Waals surface area contributed by atoms with Gasteiger partial charge in [0.1, 0.15) is 5.25 Å². The van der Waals surface area contributed by atoms with E-state index >= 15 is 0 Å². The van der Waals surface area contributed by atoms with Crippen LogP contribution in [0.1, 0.15) is 35.5 Å². The van der Waals surface area contributed by atoms with Crippen LogP contribution in [0, 0.1) is 5.92 Å². The molecule has 3 unspecified atom stereocenters. The van der Waals surface area contributed by atoms with Gasteiger partial charge in [-0.05, 0) is 48.9 Å². The van der Waals surface area contributed by atoms with E-state index in [0.717, 1.165) is 13.1 Å². The maximum atomic E-state index is 13.2. The van der Waals surface area contributed by atoms with E-state index in [4.69, 9.17) is 4.42 Å². The molecule has 27 heavy (non-hydrogen) atoms. The molecule has 5 heterocycles. The summed E-state index contributed by atoms with van der Waals surface area (Å²) in [6.07, 6.45) is 4.03. The van der Waals surface area contributed by atoms with E-state index in [1.165, 1.54) is 34.2 Å². The summed E-state index contributed by atoms with van der Waals surface area (Å²) in [6.45, 7) is 4.36. The van der Waals surface area contributed by atoms with Gasteiger partial charge >= 0.3 is 0 Å². The Morgan fingerprint density at radius 2 is 2.26 bits per heavy atom. The first kappa shape index (κ1) is 17.2. The maximum absolute atomic E-state index is 13.2. The fraction of sp³-hybridized carbons (Fsp3) is 0.421. The van der Waals surface area contributed by atoms with Crippen molar-refractivity contribution in [3.63, 3.8) is 0 Å². The van der Waals surface area contributed by atoms with Crippen LogP contribution >= 0.6 is 23.1 Å². The lowest BCUT2D eigenvalue weighted by Crippen LogP contribution is -2.43. The third-order valence-electron chi connectivity index (χ3n) is 5.21. The largest absolute Gasteiger partial charge is 0.461 e. The summed E-state index contributed by atoms with van der Waals surface area (Å²) in [5.74, 6) is 1.72. The molecule has 0 N–H and O–H groups in total. The standard InChI is InChI=1S/C19H20N4O2S2/c1-12-5-2-8-22(11-12)15(14-7-4-10-26-14)16-18(24)23-19(27-16)20-17(21-23)13-6-3-9-25-13/h3-4,6-7,9-10,12,15-16H,2,5,8,11H2,1H3. The van der Waals surface area contributed by atoms with Gasteiger partial charge in [0.05, 0.1) is 12.3 Å². The lowest BCUT2D eigenvalue weighted by molar-refractivity contribution is 0.0792. The molecule has 3 atom stereocenters.